The van der Waals surface area contributed by atoms with Crippen molar-refractivity contribution >= 4 is 17.5 Å². The number of hydrogen-bond donors (Lipinski definition) is 0. The first-order valence-corrected chi connectivity index (χ1v) is 8.50. The second kappa shape index (κ2) is 8.21. The van der Waals surface area contributed by atoms with Crippen LogP contribution in [0.5, 0.6) is 0 Å². The van der Waals surface area contributed by atoms with Gasteiger partial charge in [0.05, 0.1) is 24.2 Å². The fraction of sp³-hybridized carbons (Fsp3) is 0.263. The van der Waals surface area contributed by atoms with Crippen molar-refractivity contribution < 1.29 is 18.5 Å². The molecule has 0 radical (unpaired) electrons. The van der Waals surface area contributed by atoms with E-state index in [0.29, 0.717) is 47.3 Å². The number of methoxy groups -OCH3 is 1. The lowest BCUT2D eigenvalue weighted by Gasteiger charge is -2.22. The van der Waals surface area contributed by atoms with Gasteiger partial charge >= 0.3 is 0 Å². The Morgan fingerprint density at radius 2 is 2.12 bits per heavy atom. The van der Waals surface area contributed by atoms with Crippen LogP contribution in [0.4, 0.5) is 0 Å². The van der Waals surface area contributed by atoms with Crippen molar-refractivity contribution in [3.8, 4) is 11.3 Å². The lowest BCUT2D eigenvalue weighted by Crippen LogP contribution is -2.33. The van der Waals surface area contributed by atoms with E-state index < -0.39 is 0 Å². The Bertz CT molecular complexity index is 874. The Hall–Kier alpha value is -2.57. The van der Waals surface area contributed by atoms with Crippen molar-refractivity contribution in [1.29, 1.82) is 0 Å². The maximum atomic E-state index is 13.3. The van der Waals surface area contributed by atoms with Gasteiger partial charge in [0.2, 0.25) is 0 Å². The van der Waals surface area contributed by atoms with E-state index in [2.05, 4.69) is 5.16 Å². The lowest BCUT2D eigenvalue weighted by atomic mass is 10.0. The maximum absolute atomic E-state index is 13.3. The van der Waals surface area contributed by atoms with Gasteiger partial charge in [0.15, 0.2) is 0 Å². The summed E-state index contributed by atoms with van der Waals surface area (Å²) in [5, 5.41) is 4.58. The van der Waals surface area contributed by atoms with Gasteiger partial charge in [-0.25, -0.2) is 0 Å². The van der Waals surface area contributed by atoms with Crippen LogP contribution in [0, 0.1) is 6.92 Å². The van der Waals surface area contributed by atoms with Crippen LogP contribution in [0.3, 0.4) is 0 Å². The van der Waals surface area contributed by atoms with Crippen LogP contribution in [0.1, 0.15) is 21.7 Å². The summed E-state index contributed by atoms with van der Waals surface area (Å²) in [5.74, 6) is 0.247. The zero-order chi connectivity index (χ0) is 18.5. The average Bonchev–Trinajstić information content (AvgIpc) is 3.28. The smallest absolute Gasteiger partial charge is 0.260 e. The summed E-state index contributed by atoms with van der Waals surface area (Å²) >= 11 is 6.28. The molecule has 2 heterocycles. The van der Waals surface area contributed by atoms with Gasteiger partial charge < -0.3 is 18.6 Å². The minimum atomic E-state index is -0.197. The second-order valence-corrected chi connectivity index (χ2v) is 6.20. The minimum absolute atomic E-state index is 0.197. The van der Waals surface area contributed by atoms with Crippen LogP contribution in [0.25, 0.3) is 11.3 Å². The molecule has 7 heteroatoms. The summed E-state index contributed by atoms with van der Waals surface area (Å²) in [6, 6.07) is 9.05. The third-order valence-corrected chi connectivity index (χ3v) is 4.34. The van der Waals surface area contributed by atoms with Crippen LogP contribution in [0.15, 0.2) is 51.8 Å². The molecule has 1 aromatic carbocycles. The number of furan rings is 1. The molecule has 1 amide bonds. The number of amides is 1. The van der Waals surface area contributed by atoms with Crippen molar-refractivity contribution in [3.63, 3.8) is 0 Å². The zero-order valence-electron chi connectivity index (χ0n) is 14.6. The van der Waals surface area contributed by atoms with Gasteiger partial charge in [0, 0.05) is 31.3 Å². The van der Waals surface area contributed by atoms with Crippen LogP contribution < -0.4 is 0 Å². The molecule has 0 spiro atoms. The predicted molar refractivity (Wildman–Crippen MR) is 97.0 cm³/mol. The SMILES string of the molecule is COCCN(Cc1ccoc1)C(=O)c1c(-c2ccccc2Cl)noc1C. The highest BCUT2D eigenvalue weighted by Gasteiger charge is 2.27. The third-order valence-electron chi connectivity index (χ3n) is 4.01. The molecule has 0 saturated heterocycles. The molecule has 3 rings (SSSR count). The third kappa shape index (κ3) is 3.81. The fourth-order valence-corrected chi connectivity index (χ4v) is 2.90. The molecule has 0 bridgehead atoms. The number of halogens is 1. The molecule has 0 atom stereocenters. The number of ether oxygens (including phenoxy) is 1. The van der Waals surface area contributed by atoms with Crippen LogP contribution >= 0.6 is 11.6 Å². The Balaban J connectivity index is 1.96. The zero-order valence-corrected chi connectivity index (χ0v) is 15.3. The first-order valence-electron chi connectivity index (χ1n) is 8.12. The van der Waals surface area contributed by atoms with Gasteiger partial charge in [0.1, 0.15) is 17.0 Å². The molecule has 0 fully saturated rings. The molecule has 136 valence electrons. The molecule has 3 aromatic rings. The van der Waals surface area contributed by atoms with Gasteiger partial charge in [-0.2, -0.15) is 0 Å². The minimum Gasteiger partial charge on any atom is -0.472 e. The highest BCUT2D eigenvalue weighted by Crippen LogP contribution is 2.32. The number of carbonyl (C=O) groups excluding carboxylic acids is 1. The summed E-state index contributed by atoms with van der Waals surface area (Å²) in [5.41, 5.74) is 2.39. The standard InChI is InChI=1S/C19H19ClN2O4/c1-13-17(18(21-26-13)15-5-3-4-6-16(15)20)19(23)22(8-10-24-2)11-14-7-9-25-12-14/h3-7,9,12H,8,10-11H2,1-2H3. The van der Waals surface area contributed by atoms with E-state index in [1.54, 1.807) is 37.5 Å². The van der Waals surface area contributed by atoms with Crippen LogP contribution in [0.2, 0.25) is 5.02 Å². The molecule has 0 aliphatic carbocycles. The topological polar surface area (TPSA) is 68.7 Å². The molecular weight excluding hydrogens is 356 g/mol. The highest BCUT2D eigenvalue weighted by molar-refractivity contribution is 6.33. The monoisotopic (exact) mass is 374 g/mol. The van der Waals surface area contributed by atoms with Crippen molar-refractivity contribution in [2.45, 2.75) is 13.5 Å². The van der Waals surface area contributed by atoms with E-state index in [-0.39, 0.29) is 5.91 Å². The number of hydrogen-bond acceptors (Lipinski definition) is 5. The average molecular weight is 375 g/mol. The summed E-state index contributed by atoms with van der Waals surface area (Å²) in [7, 11) is 1.60. The molecule has 0 N–H and O–H groups in total. The van der Waals surface area contributed by atoms with Crippen molar-refractivity contribution in [2.24, 2.45) is 0 Å². The summed E-state index contributed by atoms with van der Waals surface area (Å²) in [6.45, 7) is 2.95. The van der Waals surface area contributed by atoms with Crippen molar-refractivity contribution in [3.05, 3.63) is 64.8 Å². The number of carbonyl (C=O) groups is 1. The highest BCUT2D eigenvalue weighted by atomic mass is 35.5. The molecule has 0 aliphatic heterocycles. The van der Waals surface area contributed by atoms with E-state index in [1.807, 2.05) is 24.3 Å². The Kier molecular flexibility index (Phi) is 5.75. The molecule has 6 nitrogen and oxygen atoms in total. The molecule has 2 aromatic heterocycles. The number of benzene rings is 1. The normalized spacial score (nSPS) is 10.9. The second-order valence-electron chi connectivity index (χ2n) is 5.79. The predicted octanol–water partition coefficient (Wildman–Crippen LogP) is 4.19. The van der Waals surface area contributed by atoms with Gasteiger partial charge in [-0.15, -0.1) is 0 Å². The van der Waals surface area contributed by atoms with E-state index in [4.69, 9.17) is 25.3 Å². The largest absolute Gasteiger partial charge is 0.472 e. The summed E-state index contributed by atoms with van der Waals surface area (Å²) in [6.07, 6.45) is 3.19. The molecule has 0 saturated carbocycles. The number of rotatable bonds is 7. The van der Waals surface area contributed by atoms with E-state index in [9.17, 15) is 4.79 Å². The van der Waals surface area contributed by atoms with Gasteiger partial charge in [-0.1, -0.05) is 35.0 Å². The molecule has 26 heavy (non-hydrogen) atoms. The van der Waals surface area contributed by atoms with Crippen LogP contribution in [-0.2, 0) is 11.3 Å². The van der Waals surface area contributed by atoms with E-state index in [1.165, 1.54) is 0 Å². The maximum Gasteiger partial charge on any atom is 0.260 e. The van der Waals surface area contributed by atoms with Crippen molar-refractivity contribution in [2.75, 3.05) is 20.3 Å². The Morgan fingerprint density at radius 1 is 1.31 bits per heavy atom. The lowest BCUT2D eigenvalue weighted by molar-refractivity contribution is 0.0679. The molecular formula is C19H19ClN2O4. The summed E-state index contributed by atoms with van der Waals surface area (Å²) in [4.78, 5) is 14.9. The van der Waals surface area contributed by atoms with Gasteiger partial charge in [-0.05, 0) is 19.1 Å². The van der Waals surface area contributed by atoms with Crippen molar-refractivity contribution in [1.82, 2.24) is 10.1 Å². The number of aromatic nitrogens is 1. The first kappa shape index (κ1) is 18.2. The number of aryl methyl sites for hydroxylation is 1. The Morgan fingerprint density at radius 3 is 2.81 bits per heavy atom. The van der Waals surface area contributed by atoms with E-state index in [0.717, 1.165) is 5.56 Å². The molecule has 0 unspecified atom stereocenters. The van der Waals surface area contributed by atoms with E-state index >= 15 is 0 Å². The summed E-state index contributed by atoms with van der Waals surface area (Å²) < 4.78 is 15.6. The fourth-order valence-electron chi connectivity index (χ4n) is 2.68. The van der Waals surface area contributed by atoms with Gasteiger partial charge in [-0.3, -0.25) is 4.79 Å². The molecule has 0 aliphatic rings. The quantitative estimate of drug-likeness (QED) is 0.620. The first-order chi connectivity index (χ1) is 12.6. The number of nitrogens with zero attached hydrogens (tertiary/aromatic N) is 2. The Labute approximate surface area is 156 Å². The van der Waals surface area contributed by atoms with Gasteiger partial charge in [0.25, 0.3) is 5.91 Å². The van der Waals surface area contributed by atoms with Crippen LogP contribution in [-0.4, -0.2) is 36.2 Å².